The molecule has 0 saturated carbocycles. The van der Waals surface area contributed by atoms with Gasteiger partial charge in [-0.1, -0.05) is 17.7 Å². The molecule has 2 aromatic rings. The summed E-state index contributed by atoms with van der Waals surface area (Å²) in [5.41, 5.74) is 3.07. The van der Waals surface area contributed by atoms with E-state index >= 15 is 0 Å². The van der Waals surface area contributed by atoms with Crippen LogP contribution in [0.25, 0.3) is 0 Å². The van der Waals surface area contributed by atoms with Crippen molar-refractivity contribution < 1.29 is 23.8 Å². The summed E-state index contributed by atoms with van der Waals surface area (Å²) in [4.78, 5) is 29.7. The lowest BCUT2D eigenvalue weighted by Crippen LogP contribution is -2.50. The number of nitrogens with zero attached hydrogens (tertiary/aromatic N) is 2. The number of esters is 1. The van der Waals surface area contributed by atoms with E-state index in [0.29, 0.717) is 31.8 Å². The molecule has 38 heavy (non-hydrogen) atoms. The number of carbonyl (C=O) groups excluding carboxylic acids is 2. The van der Waals surface area contributed by atoms with Crippen molar-refractivity contribution >= 4 is 29.4 Å². The Kier molecular flexibility index (Phi) is 7.25. The van der Waals surface area contributed by atoms with Crippen LogP contribution in [0.15, 0.2) is 36.4 Å². The summed E-state index contributed by atoms with van der Waals surface area (Å²) in [5, 5.41) is 0.747. The fraction of sp³-hybridized carbons (Fsp3) is 0.533. The van der Waals surface area contributed by atoms with Crippen molar-refractivity contribution in [1.29, 1.82) is 0 Å². The number of fused-ring (bicyclic) bond motifs is 3. The molecule has 3 aliphatic rings. The van der Waals surface area contributed by atoms with E-state index in [9.17, 15) is 9.59 Å². The Morgan fingerprint density at radius 1 is 1.16 bits per heavy atom. The normalized spacial score (nSPS) is 22.8. The highest BCUT2D eigenvalue weighted by molar-refractivity contribution is 6.30. The van der Waals surface area contributed by atoms with Crippen LogP contribution in [-0.2, 0) is 21.3 Å². The van der Waals surface area contributed by atoms with Crippen molar-refractivity contribution in [3.8, 4) is 5.75 Å². The van der Waals surface area contributed by atoms with Gasteiger partial charge in [0.1, 0.15) is 11.4 Å². The molecule has 0 radical (unpaired) electrons. The van der Waals surface area contributed by atoms with Crippen molar-refractivity contribution in [3.05, 3.63) is 58.1 Å². The first kappa shape index (κ1) is 26.7. The molecule has 1 spiro atoms. The van der Waals surface area contributed by atoms with Gasteiger partial charge in [0.2, 0.25) is 0 Å². The number of likely N-dealkylation sites (tertiary alicyclic amines) is 1. The van der Waals surface area contributed by atoms with E-state index in [-0.39, 0.29) is 23.5 Å². The van der Waals surface area contributed by atoms with Gasteiger partial charge in [0.25, 0.3) is 0 Å². The maximum Gasteiger partial charge on any atom is 0.410 e. The smallest absolute Gasteiger partial charge is 0.410 e. The van der Waals surface area contributed by atoms with E-state index in [2.05, 4.69) is 17.0 Å². The van der Waals surface area contributed by atoms with Gasteiger partial charge >= 0.3 is 12.1 Å². The summed E-state index contributed by atoms with van der Waals surface area (Å²) in [6.45, 7) is 8.20. The van der Waals surface area contributed by atoms with Gasteiger partial charge in [-0.2, -0.15) is 0 Å². The molecule has 7 nitrogen and oxygen atoms in total. The second-order valence-corrected chi connectivity index (χ2v) is 12.2. The second-order valence-electron chi connectivity index (χ2n) is 11.7. The Morgan fingerprint density at radius 3 is 2.74 bits per heavy atom. The highest BCUT2D eigenvalue weighted by Gasteiger charge is 2.43. The predicted molar refractivity (Wildman–Crippen MR) is 148 cm³/mol. The van der Waals surface area contributed by atoms with Crippen molar-refractivity contribution in [2.75, 3.05) is 38.3 Å². The Labute approximate surface area is 230 Å². The molecule has 2 atom stereocenters. The SMILES string of the molecule is COC(=O)c1ccc2c(c1)N(C[C@@H]1CCCN1C(=O)OC(C)(C)C)C[C@@]1(CCCc3cc(Cl)ccc31)CO2. The number of methoxy groups -OCH3 is 1. The lowest BCUT2D eigenvalue weighted by atomic mass is 9.70. The van der Waals surface area contributed by atoms with Crippen LogP contribution in [0.2, 0.25) is 5.02 Å². The topological polar surface area (TPSA) is 68.3 Å². The van der Waals surface area contributed by atoms with Gasteiger partial charge in [0, 0.05) is 30.1 Å². The third-order valence-corrected chi connectivity index (χ3v) is 8.13. The Bertz CT molecular complexity index is 1230. The van der Waals surface area contributed by atoms with E-state index in [0.717, 1.165) is 48.6 Å². The minimum Gasteiger partial charge on any atom is -0.490 e. The molecule has 1 aliphatic carbocycles. The number of aryl methyl sites for hydroxylation is 1. The van der Waals surface area contributed by atoms with Crippen LogP contribution in [-0.4, -0.2) is 62.0 Å². The van der Waals surface area contributed by atoms with Gasteiger partial charge in [-0.25, -0.2) is 9.59 Å². The average molecular weight is 541 g/mol. The number of rotatable bonds is 3. The van der Waals surface area contributed by atoms with Crippen LogP contribution in [0.4, 0.5) is 10.5 Å². The van der Waals surface area contributed by atoms with Gasteiger partial charge < -0.3 is 24.0 Å². The highest BCUT2D eigenvalue weighted by atomic mass is 35.5. The molecule has 8 heteroatoms. The molecule has 0 aromatic heterocycles. The van der Waals surface area contributed by atoms with E-state index in [1.807, 2.05) is 43.9 Å². The van der Waals surface area contributed by atoms with E-state index < -0.39 is 5.60 Å². The summed E-state index contributed by atoms with van der Waals surface area (Å²) < 4.78 is 17.2. The van der Waals surface area contributed by atoms with Gasteiger partial charge in [-0.3, -0.25) is 0 Å². The van der Waals surface area contributed by atoms with Gasteiger partial charge in [0.05, 0.1) is 31.0 Å². The first-order chi connectivity index (χ1) is 18.1. The quantitative estimate of drug-likeness (QED) is 0.445. The molecule has 1 saturated heterocycles. The Balaban J connectivity index is 1.53. The van der Waals surface area contributed by atoms with E-state index in [4.69, 9.17) is 25.8 Å². The molecule has 0 bridgehead atoms. The van der Waals surface area contributed by atoms with Crippen LogP contribution in [0, 0.1) is 0 Å². The number of hydrogen-bond acceptors (Lipinski definition) is 6. The summed E-state index contributed by atoms with van der Waals surface area (Å²) >= 11 is 6.37. The highest BCUT2D eigenvalue weighted by Crippen LogP contribution is 2.45. The maximum atomic E-state index is 13.1. The number of ether oxygens (including phenoxy) is 3. The van der Waals surface area contributed by atoms with Crippen LogP contribution in [0.1, 0.15) is 67.9 Å². The van der Waals surface area contributed by atoms with Gasteiger partial charge in [-0.15, -0.1) is 0 Å². The second kappa shape index (κ2) is 10.3. The minimum absolute atomic E-state index is 0.0112. The molecule has 0 unspecified atom stereocenters. The first-order valence-electron chi connectivity index (χ1n) is 13.5. The number of carbonyl (C=O) groups is 2. The summed E-state index contributed by atoms with van der Waals surface area (Å²) in [7, 11) is 1.39. The molecule has 1 fully saturated rings. The first-order valence-corrected chi connectivity index (χ1v) is 13.8. The molecule has 2 aromatic carbocycles. The predicted octanol–water partition coefficient (Wildman–Crippen LogP) is 6.00. The Hall–Kier alpha value is -2.93. The van der Waals surface area contributed by atoms with E-state index in [1.165, 1.54) is 18.2 Å². The minimum atomic E-state index is -0.556. The van der Waals surface area contributed by atoms with Crippen molar-refractivity contribution in [2.45, 2.75) is 69.9 Å². The zero-order valence-corrected chi connectivity index (χ0v) is 23.5. The standard InChI is InChI=1S/C30H37ClN2O5/c1-29(2,3)38-28(35)33-14-6-8-23(33)17-32-18-30(13-5-7-20-15-22(31)10-11-24(20)30)19-37-26-12-9-21(16-25(26)32)27(34)36-4/h9-12,15-16,23H,5-8,13-14,17-19H2,1-4H3/t23-,30-/m0/s1. The zero-order chi connectivity index (χ0) is 27.1. The number of amides is 1. The summed E-state index contributed by atoms with van der Waals surface area (Å²) in [6, 6.07) is 11.7. The van der Waals surface area contributed by atoms with Gasteiger partial charge in [0.15, 0.2) is 0 Å². The maximum absolute atomic E-state index is 13.1. The lowest BCUT2D eigenvalue weighted by molar-refractivity contribution is 0.0230. The Morgan fingerprint density at radius 2 is 1.97 bits per heavy atom. The monoisotopic (exact) mass is 540 g/mol. The fourth-order valence-corrected chi connectivity index (χ4v) is 6.39. The van der Waals surface area contributed by atoms with Crippen LogP contribution in [0.3, 0.4) is 0 Å². The average Bonchev–Trinajstić information content (AvgIpc) is 3.28. The third-order valence-electron chi connectivity index (χ3n) is 7.89. The molecule has 0 N–H and O–H groups in total. The van der Waals surface area contributed by atoms with Crippen molar-refractivity contribution in [1.82, 2.24) is 4.90 Å². The molecular formula is C30H37ClN2O5. The van der Waals surface area contributed by atoms with Crippen molar-refractivity contribution in [2.24, 2.45) is 0 Å². The van der Waals surface area contributed by atoms with Crippen LogP contribution < -0.4 is 9.64 Å². The summed E-state index contributed by atoms with van der Waals surface area (Å²) in [5.74, 6) is 0.345. The number of benzene rings is 2. The van der Waals surface area contributed by atoms with Crippen LogP contribution in [0.5, 0.6) is 5.75 Å². The number of anilines is 1. The number of hydrogen-bond donors (Lipinski definition) is 0. The lowest BCUT2D eigenvalue weighted by Gasteiger charge is -2.42. The zero-order valence-electron chi connectivity index (χ0n) is 22.7. The number of halogens is 1. The third kappa shape index (κ3) is 5.31. The summed E-state index contributed by atoms with van der Waals surface area (Å²) in [6.07, 6.45) is 4.56. The van der Waals surface area contributed by atoms with Gasteiger partial charge in [-0.05, 0) is 94.3 Å². The van der Waals surface area contributed by atoms with Crippen molar-refractivity contribution in [3.63, 3.8) is 0 Å². The molecule has 2 aliphatic heterocycles. The molecule has 204 valence electrons. The molecular weight excluding hydrogens is 504 g/mol. The molecule has 5 rings (SSSR count). The largest absolute Gasteiger partial charge is 0.490 e. The fourth-order valence-electron chi connectivity index (χ4n) is 6.20. The molecule has 2 heterocycles. The van der Waals surface area contributed by atoms with E-state index in [1.54, 1.807) is 6.07 Å². The molecule has 1 amide bonds. The van der Waals surface area contributed by atoms with Crippen LogP contribution >= 0.6 is 11.6 Å².